The van der Waals surface area contributed by atoms with Gasteiger partial charge >= 0.3 is 5.97 Å². The molecule has 19 heavy (non-hydrogen) atoms. The first-order chi connectivity index (χ1) is 8.81. The first-order valence-electron chi connectivity index (χ1n) is 5.50. The number of non-ortho nitro benzene ring substituents is 1. The predicted octanol–water partition coefficient (Wildman–Crippen LogP) is 0.974. The third kappa shape index (κ3) is 3.06. The highest BCUT2D eigenvalue weighted by molar-refractivity contribution is 6.01. The number of carbonyl (C=O) groups is 2. The third-order valence-corrected chi connectivity index (χ3v) is 2.91. The molecule has 1 rings (SSSR count). The summed E-state index contributed by atoms with van der Waals surface area (Å²) in [7, 11) is 1.36. The zero-order valence-electron chi connectivity index (χ0n) is 10.5. The number of hydrogen-bond donors (Lipinski definition) is 2. The maximum absolute atomic E-state index is 11.7. The number of nitro benzene ring substituents is 1. The number of benzene rings is 1. The van der Waals surface area contributed by atoms with Gasteiger partial charge in [0.1, 0.15) is 5.41 Å². The second-order valence-electron chi connectivity index (χ2n) is 4.32. The quantitative estimate of drug-likeness (QED) is 0.469. The number of amides is 1. The van der Waals surface area contributed by atoms with Crippen molar-refractivity contribution in [3.63, 3.8) is 0 Å². The van der Waals surface area contributed by atoms with Gasteiger partial charge in [0.2, 0.25) is 5.91 Å². The van der Waals surface area contributed by atoms with Gasteiger partial charge in [-0.3, -0.25) is 19.7 Å². The molecular weight excluding hydrogens is 252 g/mol. The van der Waals surface area contributed by atoms with Gasteiger partial charge in [-0.05, 0) is 18.9 Å². The molecule has 1 atom stereocenters. The van der Waals surface area contributed by atoms with Crippen LogP contribution in [0.5, 0.6) is 0 Å². The molecule has 7 nitrogen and oxygen atoms in total. The van der Waals surface area contributed by atoms with Gasteiger partial charge in [-0.2, -0.15) is 0 Å². The summed E-state index contributed by atoms with van der Waals surface area (Å²) in [5.41, 5.74) is -1.15. The maximum Gasteiger partial charge on any atom is 0.319 e. The van der Waals surface area contributed by atoms with Gasteiger partial charge in [0.05, 0.1) is 4.92 Å². The summed E-state index contributed by atoms with van der Waals surface area (Å²) in [5, 5.41) is 22.0. The van der Waals surface area contributed by atoms with Gasteiger partial charge in [0, 0.05) is 19.2 Å². The molecule has 1 amide bonds. The van der Waals surface area contributed by atoms with E-state index in [0.717, 1.165) is 0 Å². The molecular formula is C12H14N2O5. The van der Waals surface area contributed by atoms with Crippen LogP contribution >= 0.6 is 0 Å². The van der Waals surface area contributed by atoms with Crippen LogP contribution < -0.4 is 5.32 Å². The van der Waals surface area contributed by atoms with Gasteiger partial charge in [0.25, 0.3) is 5.69 Å². The van der Waals surface area contributed by atoms with Crippen molar-refractivity contribution in [3.05, 3.63) is 39.9 Å². The summed E-state index contributed by atoms with van der Waals surface area (Å²) in [4.78, 5) is 32.9. The van der Waals surface area contributed by atoms with Crippen molar-refractivity contribution in [2.75, 3.05) is 7.05 Å². The zero-order valence-corrected chi connectivity index (χ0v) is 10.5. The van der Waals surface area contributed by atoms with Crippen LogP contribution in [0.25, 0.3) is 0 Å². The summed E-state index contributed by atoms with van der Waals surface area (Å²) < 4.78 is 0. The van der Waals surface area contributed by atoms with E-state index in [1.807, 2.05) is 0 Å². The van der Waals surface area contributed by atoms with Crippen molar-refractivity contribution in [1.29, 1.82) is 0 Å². The molecule has 0 heterocycles. The van der Waals surface area contributed by atoms with Crippen molar-refractivity contribution in [3.8, 4) is 0 Å². The van der Waals surface area contributed by atoms with E-state index in [-0.39, 0.29) is 12.1 Å². The fourth-order valence-corrected chi connectivity index (χ4v) is 1.67. The minimum Gasteiger partial charge on any atom is -0.480 e. The number of aliphatic carboxylic acids is 1. The summed E-state index contributed by atoms with van der Waals surface area (Å²) in [6.07, 6.45) is -0.0417. The van der Waals surface area contributed by atoms with Crippen LogP contribution in [0.3, 0.4) is 0 Å². The Morgan fingerprint density at radius 2 is 1.89 bits per heavy atom. The highest BCUT2D eigenvalue weighted by atomic mass is 16.6. The first-order valence-corrected chi connectivity index (χ1v) is 5.50. The zero-order chi connectivity index (χ0) is 14.6. The van der Waals surface area contributed by atoms with E-state index < -0.39 is 22.2 Å². The van der Waals surface area contributed by atoms with E-state index in [2.05, 4.69) is 5.32 Å². The fourth-order valence-electron chi connectivity index (χ4n) is 1.67. The van der Waals surface area contributed by atoms with E-state index in [0.29, 0.717) is 5.56 Å². The highest BCUT2D eigenvalue weighted by Crippen LogP contribution is 2.24. The molecule has 7 heteroatoms. The van der Waals surface area contributed by atoms with Crippen LogP contribution in [0.1, 0.15) is 12.5 Å². The number of nitrogens with one attached hydrogen (secondary N) is 1. The van der Waals surface area contributed by atoms with Crippen molar-refractivity contribution in [1.82, 2.24) is 5.32 Å². The molecule has 1 unspecified atom stereocenters. The lowest BCUT2D eigenvalue weighted by Gasteiger charge is -2.22. The molecule has 0 aromatic heterocycles. The Kier molecular flexibility index (Phi) is 4.21. The summed E-state index contributed by atoms with van der Waals surface area (Å²) in [6.45, 7) is 1.32. The molecule has 1 aromatic rings. The second-order valence-corrected chi connectivity index (χ2v) is 4.32. The molecule has 0 bridgehead atoms. The number of nitrogens with zero attached hydrogens (tertiary/aromatic N) is 1. The Morgan fingerprint density at radius 1 is 1.37 bits per heavy atom. The number of nitro groups is 1. The van der Waals surface area contributed by atoms with Crippen LogP contribution in [-0.4, -0.2) is 29.0 Å². The lowest BCUT2D eigenvalue weighted by molar-refractivity contribution is -0.384. The normalized spacial score (nSPS) is 13.4. The molecule has 0 fully saturated rings. The van der Waals surface area contributed by atoms with Gasteiger partial charge in [-0.15, -0.1) is 0 Å². The van der Waals surface area contributed by atoms with E-state index in [1.165, 1.54) is 38.2 Å². The lowest BCUT2D eigenvalue weighted by Crippen LogP contribution is -2.44. The van der Waals surface area contributed by atoms with E-state index >= 15 is 0 Å². The third-order valence-electron chi connectivity index (χ3n) is 2.91. The number of carbonyl (C=O) groups excluding carboxylic acids is 1. The van der Waals surface area contributed by atoms with Gasteiger partial charge in [0.15, 0.2) is 0 Å². The SMILES string of the molecule is CNC(=O)C(C)(Cc1ccc([N+](=O)[O-])cc1)C(=O)O. The fraction of sp³-hybridized carbons (Fsp3) is 0.333. The van der Waals surface area contributed by atoms with Crippen molar-refractivity contribution < 1.29 is 19.6 Å². The smallest absolute Gasteiger partial charge is 0.319 e. The second kappa shape index (κ2) is 5.47. The van der Waals surface area contributed by atoms with Crippen LogP contribution in [0.2, 0.25) is 0 Å². The van der Waals surface area contributed by atoms with Crippen molar-refractivity contribution in [2.45, 2.75) is 13.3 Å². The predicted molar refractivity (Wildman–Crippen MR) is 66.6 cm³/mol. The van der Waals surface area contributed by atoms with Crippen LogP contribution in [-0.2, 0) is 16.0 Å². The Balaban J connectivity index is 3.01. The molecule has 0 aliphatic carbocycles. The van der Waals surface area contributed by atoms with Crippen LogP contribution in [0, 0.1) is 15.5 Å². The summed E-state index contributed by atoms with van der Waals surface area (Å²) in [6, 6.07) is 5.45. The molecule has 0 radical (unpaired) electrons. The van der Waals surface area contributed by atoms with E-state index in [4.69, 9.17) is 5.11 Å². The number of rotatable bonds is 5. The number of carboxylic acid groups (broad SMARTS) is 1. The monoisotopic (exact) mass is 266 g/mol. The standard InChI is InChI=1S/C12H14N2O5/c1-12(11(16)17,10(15)13-2)7-8-3-5-9(6-4-8)14(18)19/h3-6H,7H2,1-2H3,(H,13,15)(H,16,17). The topological polar surface area (TPSA) is 110 Å². The number of hydrogen-bond acceptors (Lipinski definition) is 4. The van der Waals surface area contributed by atoms with Crippen molar-refractivity contribution in [2.24, 2.45) is 5.41 Å². The Morgan fingerprint density at radius 3 is 2.26 bits per heavy atom. The van der Waals surface area contributed by atoms with Crippen LogP contribution in [0.4, 0.5) is 5.69 Å². The molecule has 0 aliphatic rings. The van der Waals surface area contributed by atoms with Crippen LogP contribution in [0.15, 0.2) is 24.3 Å². The Bertz CT molecular complexity index is 511. The van der Waals surface area contributed by atoms with Gasteiger partial charge < -0.3 is 10.4 Å². The summed E-state index contributed by atoms with van der Waals surface area (Å²) >= 11 is 0. The Labute approximate surface area is 109 Å². The lowest BCUT2D eigenvalue weighted by atomic mass is 9.82. The maximum atomic E-state index is 11.7. The van der Waals surface area contributed by atoms with E-state index in [9.17, 15) is 19.7 Å². The molecule has 0 saturated heterocycles. The average molecular weight is 266 g/mol. The van der Waals surface area contributed by atoms with E-state index in [1.54, 1.807) is 0 Å². The minimum atomic E-state index is -1.61. The number of carboxylic acids is 1. The van der Waals surface area contributed by atoms with Crippen molar-refractivity contribution >= 4 is 17.6 Å². The Hall–Kier alpha value is -2.44. The first kappa shape index (κ1) is 14.6. The largest absolute Gasteiger partial charge is 0.480 e. The highest BCUT2D eigenvalue weighted by Gasteiger charge is 2.40. The summed E-state index contributed by atoms with van der Waals surface area (Å²) in [5.74, 6) is -1.86. The average Bonchev–Trinajstić information content (AvgIpc) is 2.37. The molecule has 102 valence electrons. The molecule has 0 aliphatic heterocycles. The molecule has 1 aromatic carbocycles. The molecule has 0 saturated carbocycles. The van der Waals surface area contributed by atoms with Gasteiger partial charge in [-0.1, -0.05) is 12.1 Å². The molecule has 0 spiro atoms. The minimum absolute atomic E-state index is 0.0417. The van der Waals surface area contributed by atoms with Gasteiger partial charge in [-0.25, -0.2) is 0 Å². The molecule has 2 N–H and O–H groups in total.